The summed E-state index contributed by atoms with van der Waals surface area (Å²) in [5.74, 6) is 5.81. The van der Waals surface area contributed by atoms with Crippen LogP contribution in [0.15, 0.2) is 6.07 Å². The third-order valence-corrected chi connectivity index (χ3v) is 4.56. The molecule has 1 fully saturated rings. The van der Waals surface area contributed by atoms with Crippen molar-refractivity contribution in [2.75, 3.05) is 20.1 Å². The van der Waals surface area contributed by atoms with E-state index in [4.69, 9.17) is 5.73 Å². The Balaban J connectivity index is 2.02. The van der Waals surface area contributed by atoms with Gasteiger partial charge in [0.1, 0.15) is 0 Å². The molecule has 1 aliphatic rings. The van der Waals surface area contributed by atoms with Crippen LogP contribution in [0.1, 0.15) is 33.0 Å². The highest BCUT2D eigenvalue weighted by molar-refractivity contribution is 7.14. The number of nitrogens with zero attached hydrogens (tertiary/aromatic N) is 1. The Morgan fingerprint density at radius 1 is 1.62 bits per heavy atom. The maximum absolute atomic E-state index is 12.3. The molecule has 1 aromatic rings. The summed E-state index contributed by atoms with van der Waals surface area (Å²) < 4.78 is 0. The second kappa shape index (κ2) is 6.74. The minimum Gasteiger partial charge on any atom is -0.347 e. The van der Waals surface area contributed by atoms with Crippen LogP contribution in [-0.2, 0) is 4.79 Å². The van der Waals surface area contributed by atoms with Crippen LogP contribution in [0.25, 0.3) is 0 Å². The topological polar surface area (TPSA) is 75.4 Å². The van der Waals surface area contributed by atoms with E-state index in [1.165, 1.54) is 11.3 Å². The van der Waals surface area contributed by atoms with E-state index >= 15 is 0 Å². The number of likely N-dealkylation sites (N-methyl/N-ethyl adjacent to an activating group) is 1. The minimum atomic E-state index is -0.100. The molecule has 0 bridgehead atoms. The zero-order valence-corrected chi connectivity index (χ0v) is 13.0. The predicted molar refractivity (Wildman–Crippen MR) is 83.1 cm³/mol. The molecule has 1 atom stereocenters. The molecule has 0 aromatic carbocycles. The van der Waals surface area contributed by atoms with Crippen molar-refractivity contribution in [2.24, 2.45) is 5.73 Å². The number of amides is 2. The molecule has 5 nitrogen and oxygen atoms in total. The summed E-state index contributed by atoms with van der Waals surface area (Å²) in [6.07, 6.45) is 1.18. The Labute approximate surface area is 128 Å². The maximum atomic E-state index is 12.3. The molecule has 6 heteroatoms. The molecule has 0 spiro atoms. The summed E-state index contributed by atoms with van der Waals surface area (Å²) in [6.45, 7) is 2.80. The fourth-order valence-corrected chi connectivity index (χ4v) is 3.19. The molecular formula is C15H19N3O2S. The number of nitrogens with two attached hydrogens (primary N) is 1. The molecule has 1 unspecified atom stereocenters. The van der Waals surface area contributed by atoms with Crippen LogP contribution in [0.2, 0.25) is 0 Å². The summed E-state index contributed by atoms with van der Waals surface area (Å²) >= 11 is 1.38. The molecule has 112 valence electrons. The highest BCUT2D eigenvalue weighted by Crippen LogP contribution is 2.21. The van der Waals surface area contributed by atoms with Crippen molar-refractivity contribution < 1.29 is 9.59 Å². The minimum absolute atomic E-state index is 0.0150. The largest absolute Gasteiger partial charge is 0.347 e. The lowest BCUT2D eigenvalue weighted by molar-refractivity contribution is -0.132. The quantitative estimate of drug-likeness (QED) is 0.791. The number of nitrogens with one attached hydrogen (secondary N) is 1. The lowest BCUT2D eigenvalue weighted by atomic mass is 10.1. The molecule has 3 N–H and O–H groups in total. The van der Waals surface area contributed by atoms with E-state index in [9.17, 15) is 9.59 Å². The predicted octanol–water partition coefficient (Wildman–Crippen LogP) is 0.717. The zero-order chi connectivity index (χ0) is 15.4. The number of hydrogen-bond donors (Lipinski definition) is 2. The van der Waals surface area contributed by atoms with Gasteiger partial charge in [0.2, 0.25) is 5.91 Å². The summed E-state index contributed by atoms with van der Waals surface area (Å²) in [7, 11) is 1.76. The first-order chi connectivity index (χ1) is 10.0. The Hall–Kier alpha value is -1.84. The maximum Gasteiger partial charge on any atom is 0.261 e. The van der Waals surface area contributed by atoms with E-state index in [1.807, 2.05) is 13.0 Å². The number of rotatable bonds is 2. The first-order valence-electron chi connectivity index (χ1n) is 6.85. The van der Waals surface area contributed by atoms with E-state index in [0.717, 1.165) is 10.4 Å². The van der Waals surface area contributed by atoms with Gasteiger partial charge in [-0.3, -0.25) is 9.59 Å². The van der Waals surface area contributed by atoms with Crippen molar-refractivity contribution in [3.05, 3.63) is 21.4 Å². The molecule has 0 saturated carbocycles. The molecule has 0 radical (unpaired) electrons. The molecule has 2 rings (SSSR count). The van der Waals surface area contributed by atoms with Crippen LogP contribution in [0.4, 0.5) is 0 Å². The molecule has 0 aliphatic carbocycles. The van der Waals surface area contributed by atoms with Crippen molar-refractivity contribution in [1.82, 2.24) is 10.2 Å². The monoisotopic (exact) mass is 305 g/mol. The van der Waals surface area contributed by atoms with Gasteiger partial charge in [0.25, 0.3) is 5.91 Å². The third-order valence-electron chi connectivity index (χ3n) is 3.41. The Morgan fingerprint density at radius 3 is 3.05 bits per heavy atom. The number of carbonyl (C=O) groups is 2. The van der Waals surface area contributed by atoms with Gasteiger partial charge in [-0.15, -0.1) is 11.3 Å². The first kappa shape index (κ1) is 15.5. The molecule has 2 amide bonds. The van der Waals surface area contributed by atoms with Crippen LogP contribution in [-0.4, -0.2) is 42.9 Å². The van der Waals surface area contributed by atoms with Crippen molar-refractivity contribution in [3.63, 3.8) is 0 Å². The van der Waals surface area contributed by atoms with Gasteiger partial charge in [0.15, 0.2) is 0 Å². The second-order valence-corrected chi connectivity index (χ2v) is 6.16. The lowest BCUT2D eigenvalue weighted by Crippen LogP contribution is -2.48. The molecule has 21 heavy (non-hydrogen) atoms. The second-order valence-electron chi connectivity index (χ2n) is 5.11. The number of aryl methyl sites for hydroxylation is 1. The fraction of sp³-hybridized carbons (Fsp3) is 0.467. The van der Waals surface area contributed by atoms with E-state index < -0.39 is 0 Å². The van der Waals surface area contributed by atoms with Crippen LogP contribution < -0.4 is 11.1 Å². The summed E-state index contributed by atoms with van der Waals surface area (Å²) in [5, 5.41) is 2.99. The van der Waals surface area contributed by atoms with Crippen LogP contribution in [0.5, 0.6) is 0 Å². The van der Waals surface area contributed by atoms with E-state index in [2.05, 4.69) is 17.2 Å². The summed E-state index contributed by atoms with van der Waals surface area (Å²) in [5.41, 5.74) is 6.35. The number of likely N-dealkylation sites (tertiary alicyclic amines) is 1. The van der Waals surface area contributed by atoms with Crippen molar-refractivity contribution >= 4 is 23.2 Å². The van der Waals surface area contributed by atoms with Crippen molar-refractivity contribution in [3.8, 4) is 11.8 Å². The van der Waals surface area contributed by atoms with E-state index in [-0.39, 0.29) is 17.9 Å². The van der Waals surface area contributed by atoms with Crippen LogP contribution in [0, 0.1) is 18.8 Å². The van der Waals surface area contributed by atoms with Crippen molar-refractivity contribution in [1.29, 1.82) is 0 Å². The van der Waals surface area contributed by atoms with Gasteiger partial charge in [-0.2, -0.15) is 0 Å². The smallest absolute Gasteiger partial charge is 0.261 e. The average Bonchev–Trinajstić information content (AvgIpc) is 2.82. The number of thiophene rings is 1. The average molecular weight is 305 g/mol. The fourth-order valence-electron chi connectivity index (χ4n) is 2.24. The van der Waals surface area contributed by atoms with Gasteiger partial charge in [0, 0.05) is 26.1 Å². The lowest BCUT2D eigenvalue weighted by Gasteiger charge is -2.29. The third kappa shape index (κ3) is 3.84. The van der Waals surface area contributed by atoms with E-state index in [1.54, 1.807) is 11.9 Å². The Bertz CT molecular complexity index is 612. The highest BCUT2D eigenvalue weighted by atomic mass is 32.1. The van der Waals surface area contributed by atoms with Gasteiger partial charge in [0.05, 0.1) is 16.3 Å². The van der Waals surface area contributed by atoms with Gasteiger partial charge < -0.3 is 16.0 Å². The Morgan fingerprint density at radius 2 is 2.38 bits per heavy atom. The summed E-state index contributed by atoms with van der Waals surface area (Å²) in [6, 6.07) is 1.86. The SMILES string of the molecule is Cc1cc(C(=O)NC2CCC(=O)N(C)C2)sc1C#CCN. The Kier molecular flexibility index (Phi) is 4.99. The standard InChI is InChI=1S/C15H19N3O2S/c1-10-8-13(21-12(10)4-3-7-16)15(20)17-11-5-6-14(19)18(2)9-11/h8,11H,5-7,9,16H2,1-2H3,(H,17,20). The number of carbonyl (C=O) groups excluding carboxylic acids is 2. The number of hydrogen-bond acceptors (Lipinski definition) is 4. The van der Waals surface area contributed by atoms with Gasteiger partial charge in [-0.05, 0) is 25.0 Å². The van der Waals surface area contributed by atoms with E-state index in [0.29, 0.717) is 30.8 Å². The van der Waals surface area contributed by atoms with Crippen LogP contribution in [0.3, 0.4) is 0 Å². The molecule has 1 aromatic heterocycles. The summed E-state index contributed by atoms with van der Waals surface area (Å²) in [4.78, 5) is 26.9. The first-order valence-corrected chi connectivity index (χ1v) is 7.67. The van der Waals surface area contributed by atoms with Gasteiger partial charge in [-0.1, -0.05) is 11.8 Å². The molecule has 1 saturated heterocycles. The normalized spacial score (nSPS) is 18.1. The van der Waals surface area contributed by atoms with Crippen LogP contribution >= 0.6 is 11.3 Å². The molecular weight excluding hydrogens is 286 g/mol. The zero-order valence-electron chi connectivity index (χ0n) is 12.2. The highest BCUT2D eigenvalue weighted by Gasteiger charge is 2.24. The number of piperidine rings is 1. The van der Waals surface area contributed by atoms with Gasteiger partial charge in [-0.25, -0.2) is 0 Å². The van der Waals surface area contributed by atoms with Crippen molar-refractivity contribution in [2.45, 2.75) is 25.8 Å². The molecule has 1 aliphatic heterocycles. The van der Waals surface area contributed by atoms with Gasteiger partial charge >= 0.3 is 0 Å². The molecule has 2 heterocycles.